The summed E-state index contributed by atoms with van der Waals surface area (Å²) >= 11 is 1.32. The third kappa shape index (κ3) is 4.24. The minimum atomic E-state index is -1.03. The number of para-hydroxylation sites is 1. The number of carboxylic acids is 1. The Balaban J connectivity index is 1.61. The minimum absolute atomic E-state index is 0.0953. The molecule has 0 bridgehead atoms. The van der Waals surface area contributed by atoms with Gasteiger partial charge in [0.05, 0.1) is 24.1 Å². The van der Waals surface area contributed by atoms with Gasteiger partial charge in [0.1, 0.15) is 12.4 Å². The quantitative estimate of drug-likeness (QED) is 0.543. The van der Waals surface area contributed by atoms with Crippen LogP contribution in [-0.2, 0) is 22.4 Å². The monoisotopic (exact) mass is 452 g/mol. The van der Waals surface area contributed by atoms with Crippen molar-refractivity contribution in [2.24, 2.45) is 5.41 Å². The molecule has 0 spiro atoms. The van der Waals surface area contributed by atoms with Gasteiger partial charge in [-0.1, -0.05) is 36.4 Å². The molecule has 0 saturated heterocycles. The first-order chi connectivity index (χ1) is 15.4. The predicted molar refractivity (Wildman–Crippen MR) is 122 cm³/mol. The van der Waals surface area contributed by atoms with Crippen LogP contribution < -0.4 is 9.64 Å². The molecule has 0 saturated carbocycles. The normalized spacial score (nSPS) is 14.1. The summed E-state index contributed by atoms with van der Waals surface area (Å²) < 4.78 is 5.60. The molecule has 0 aliphatic heterocycles. The first kappa shape index (κ1) is 22.0. The minimum Gasteiger partial charge on any atom is -0.490 e. The largest absolute Gasteiger partial charge is 0.490 e. The number of aromatic nitrogens is 1. The highest BCUT2D eigenvalue weighted by atomic mass is 32.1. The number of aliphatic hydroxyl groups excluding tert-OH is 1. The van der Waals surface area contributed by atoms with E-state index in [1.54, 1.807) is 13.1 Å². The maximum absolute atomic E-state index is 13.6. The Morgan fingerprint density at radius 3 is 2.44 bits per heavy atom. The Kier molecular flexibility index (Phi) is 6.25. The molecule has 4 rings (SSSR count). The summed E-state index contributed by atoms with van der Waals surface area (Å²) in [4.78, 5) is 31.4. The van der Waals surface area contributed by atoms with E-state index in [0.717, 1.165) is 16.7 Å². The van der Waals surface area contributed by atoms with E-state index >= 15 is 0 Å². The van der Waals surface area contributed by atoms with Crippen LogP contribution in [0.15, 0.2) is 53.9 Å². The molecule has 0 fully saturated rings. The maximum atomic E-state index is 13.6. The van der Waals surface area contributed by atoms with Crippen molar-refractivity contribution in [1.29, 1.82) is 0 Å². The van der Waals surface area contributed by atoms with Gasteiger partial charge in [0.25, 0.3) is 0 Å². The number of carbonyl (C=O) groups excluding carboxylic acids is 1. The second-order valence-corrected chi connectivity index (χ2v) is 8.76. The van der Waals surface area contributed by atoms with Gasteiger partial charge in [-0.25, -0.2) is 4.98 Å². The van der Waals surface area contributed by atoms with Gasteiger partial charge in [-0.2, -0.15) is 0 Å². The average Bonchev–Trinajstić information content (AvgIpc) is 3.41. The average molecular weight is 453 g/mol. The van der Waals surface area contributed by atoms with E-state index in [1.807, 2.05) is 47.8 Å². The van der Waals surface area contributed by atoms with Crippen LogP contribution in [0.3, 0.4) is 0 Å². The zero-order valence-electron chi connectivity index (χ0n) is 17.7. The van der Waals surface area contributed by atoms with E-state index in [2.05, 4.69) is 4.98 Å². The van der Waals surface area contributed by atoms with Gasteiger partial charge in [-0.05, 0) is 36.1 Å². The van der Waals surface area contributed by atoms with E-state index in [-0.39, 0.29) is 25.5 Å². The summed E-state index contributed by atoms with van der Waals surface area (Å²) in [5.74, 6) is -0.642. The lowest BCUT2D eigenvalue weighted by molar-refractivity contribution is -0.144. The number of aliphatic hydroxyl groups is 1. The summed E-state index contributed by atoms with van der Waals surface area (Å²) in [6, 6.07) is 15.1. The number of anilines is 1. The number of fused-ring (bicyclic) bond motifs is 1. The van der Waals surface area contributed by atoms with Crippen molar-refractivity contribution >= 4 is 28.3 Å². The second-order valence-electron chi connectivity index (χ2n) is 7.92. The van der Waals surface area contributed by atoms with Crippen LogP contribution in [0.2, 0.25) is 0 Å². The number of hydrogen-bond acceptors (Lipinski definition) is 6. The van der Waals surface area contributed by atoms with Crippen LogP contribution in [0.25, 0.3) is 11.3 Å². The fourth-order valence-corrected chi connectivity index (χ4v) is 5.07. The second kappa shape index (κ2) is 9.10. The highest BCUT2D eigenvalue weighted by Crippen LogP contribution is 2.42. The summed E-state index contributed by atoms with van der Waals surface area (Å²) in [6.07, 6.45) is 0.560. The zero-order chi connectivity index (χ0) is 22.7. The lowest BCUT2D eigenvalue weighted by Gasteiger charge is -2.30. The molecular formula is C24H24N2O5S. The molecule has 1 aromatic heterocycles. The summed E-state index contributed by atoms with van der Waals surface area (Å²) in [5, 5.41) is 20.9. The van der Waals surface area contributed by atoms with Crippen molar-refractivity contribution in [2.45, 2.75) is 19.3 Å². The van der Waals surface area contributed by atoms with Gasteiger partial charge in [-0.3, -0.25) is 14.5 Å². The maximum Gasteiger partial charge on any atom is 0.304 e. The Morgan fingerprint density at radius 1 is 1.12 bits per heavy atom. The number of aliphatic carboxylic acids is 1. The summed E-state index contributed by atoms with van der Waals surface area (Å²) in [5.41, 5.74) is 2.42. The van der Waals surface area contributed by atoms with Crippen LogP contribution in [0, 0.1) is 5.41 Å². The Bertz CT molecular complexity index is 1120. The van der Waals surface area contributed by atoms with Crippen LogP contribution in [-0.4, -0.2) is 47.3 Å². The van der Waals surface area contributed by atoms with Crippen LogP contribution >= 0.6 is 11.3 Å². The lowest BCUT2D eigenvalue weighted by Crippen LogP contribution is -2.44. The standard InChI is InChI=1S/C24H24N2O5S/c1-26(22(30)24(14-21(28)29)12-16-6-2-3-7-17(16)13-24)23-25-19(15-32-23)18-8-4-5-9-20(18)31-11-10-27/h2-9,15,27H,10-14H2,1H3,(H,28,29). The van der Waals surface area contributed by atoms with Crippen molar-refractivity contribution in [2.75, 3.05) is 25.2 Å². The number of nitrogens with zero attached hydrogens (tertiary/aromatic N) is 2. The summed E-state index contributed by atoms with van der Waals surface area (Å²) in [6.45, 7) is 0.0760. The third-order valence-electron chi connectivity index (χ3n) is 5.71. The molecule has 1 amide bonds. The molecule has 3 aromatic rings. The van der Waals surface area contributed by atoms with Crippen LogP contribution in [0.5, 0.6) is 5.75 Å². The Hall–Kier alpha value is -3.23. The van der Waals surface area contributed by atoms with Crippen molar-refractivity contribution in [3.8, 4) is 17.0 Å². The molecule has 8 heteroatoms. The number of carbonyl (C=O) groups is 2. The molecule has 166 valence electrons. The van der Waals surface area contributed by atoms with Crippen molar-refractivity contribution in [1.82, 2.24) is 4.98 Å². The Labute approximate surface area is 189 Å². The van der Waals surface area contributed by atoms with Gasteiger partial charge in [-0.15, -0.1) is 11.3 Å². The Morgan fingerprint density at radius 2 is 1.78 bits per heavy atom. The van der Waals surface area contributed by atoms with E-state index in [4.69, 9.17) is 9.84 Å². The lowest BCUT2D eigenvalue weighted by atomic mass is 9.80. The first-order valence-electron chi connectivity index (χ1n) is 10.3. The van der Waals surface area contributed by atoms with Gasteiger partial charge in [0, 0.05) is 18.0 Å². The van der Waals surface area contributed by atoms with E-state index in [1.165, 1.54) is 16.2 Å². The van der Waals surface area contributed by atoms with Crippen LogP contribution in [0.4, 0.5) is 5.13 Å². The number of carboxylic acid groups (broad SMARTS) is 1. The van der Waals surface area contributed by atoms with E-state index in [9.17, 15) is 14.7 Å². The van der Waals surface area contributed by atoms with Crippen molar-refractivity contribution < 1.29 is 24.5 Å². The van der Waals surface area contributed by atoms with Crippen molar-refractivity contribution in [3.05, 3.63) is 65.0 Å². The topological polar surface area (TPSA) is 100.0 Å². The number of rotatable bonds is 8. The molecule has 32 heavy (non-hydrogen) atoms. The molecule has 2 aromatic carbocycles. The zero-order valence-corrected chi connectivity index (χ0v) is 18.5. The van der Waals surface area contributed by atoms with Gasteiger partial charge in [0.15, 0.2) is 5.13 Å². The highest BCUT2D eigenvalue weighted by Gasteiger charge is 2.47. The number of thiazole rings is 1. The molecule has 0 unspecified atom stereocenters. The summed E-state index contributed by atoms with van der Waals surface area (Å²) in [7, 11) is 1.64. The van der Waals surface area contributed by atoms with Gasteiger partial charge in [0.2, 0.25) is 5.91 Å². The predicted octanol–water partition coefficient (Wildman–Crippen LogP) is 3.40. The number of benzene rings is 2. The number of hydrogen-bond donors (Lipinski definition) is 2. The van der Waals surface area contributed by atoms with Gasteiger partial charge < -0.3 is 14.9 Å². The molecule has 1 aliphatic carbocycles. The molecule has 1 aliphatic rings. The molecular weight excluding hydrogens is 428 g/mol. The molecule has 7 nitrogen and oxygen atoms in total. The fraction of sp³-hybridized carbons (Fsp3) is 0.292. The van der Waals surface area contributed by atoms with E-state index in [0.29, 0.717) is 29.4 Å². The number of amides is 1. The first-order valence-corrected chi connectivity index (χ1v) is 11.2. The van der Waals surface area contributed by atoms with Gasteiger partial charge >= 0.3 is 5.97 Å². The molecule has 0 radical (unpaired) electrons. The molecule has 1 heterocycles. The van der Waals surface area contributed by atoms with E-state index < -0.39 is 11.4 Å². The third-order valence-corrected chi connectivity index (χ3v) is 6.63. The number of ether oxygens (including phenoxy) is 1. The highest BCUT2D eigenvalue weighted by molar-refractivity contribution is 7.14. The molecule has 0 atom stereocenters. The van der Waals surface area contributed by atoms with Crippen molar-refractivity contribution in [3.63, 3.8) is 0 Å². The smallest absolute Gasteiger partial charge is 0.304 e. The fourth-order valence-electron chi connectivity index (χ4n) is 4.28. The van der Waals surface area contributed by atoms with Crippen LogP contribution in [0.1, 0.15) is 17.5 Å². The SMILES string of the molecule is CN(C(=O)C1(CC(=O)O)Cc2ccccc2C1)c1nc(-c2ccccc2OCCO)cs1. The molecule has 2 N–H and O–H groups in total.